The molecule has 0 saturated carbocycles. The molecule has 2 rings (SSSR count). The minimum Gasteiger partial charge on any atom is -0.205 e. The summed E-state index contributed by atoms with van der Waals surface area (Å²) in [4.78, 5) is 1.03. The van der Waals surface area contributed by atoms with Crippen molar-refractivity contribution in [3.8, 4) is 6.07 Å². The van der Waals surface area contributed by atoms with Gasteiger partial charge in [-0.05, 0) is 6.07 Å². The van der Waals surface area contributed by atoms with Gasteiger partial charge in [-0.25, -0.2) is 4.39 Å². The Labute approximate surface area is 83.8 Å². The third-order valence-electron chi connectivity index (χ3n) is 1.74. The lowest BCUT2D eigenvalue weighted by atomic mass is 10.2. The van der Waals surface area contributed by atoms with Crippen molar-refractivity contribution >= 4 is 34.1 Å². The summed E-state index contributed by atoms with van der Waals surface area (Å²) in [6.07, 6.45) is 0. The third-order valence-corrected chi connectivity index (χ3v) is 3.48. The normalized spacial score (nSPS) is 10.2. The molecule has 0 fully saturated rings. The summed E-state index contributed by atoms with van der Waals surface area (Å²) in [7, 11) is 0. The highest BCUT2D eigenvalue weighted by molar-refractivity contribution is 7.80. The van der Waals surface area contributed by atoms with E-state index < -0.39 is 0 Å². The summed E-state index contributed by atoms with van der Waals surface area (Å²) in [6, 6.07) is 6.75. The molecular formula is C9H4FNS2. The number of nitrogens with zero attached hydrogens (tertiary/aromatic N) is 1. The van der Waals surface area contributed by atoms with Crippen LogP contribution in [0.2, 0.25) is 0 Å². The molecule has 64 valence electrons. The number of hydrogen-bond donors (Lipinski definition) is 1. The van der Waals surface area contributed by atoms with E-state index in [2.05, 4.69) is 12.6 Å². The highest BCUT2D eigenvalue weighted by atomic mass is 32.1. The summed E-state index contributed by atoms with van der Waals surface area (Å²) in [5.41, 5.74) is 0. The minimum absolute atomic E-state index is 0.292. The van der Waals surface area contributed by atoms with Crippen molar-refractivity contribution < 1.29 is 4.39 Å². The first-order valence-corrected chi connectivity index (χ1v) is 4.80. The molecule has 0 saturated heterocycles. The molecule has 0 aliphatic carbocycles. The van der Waals surface area contributed by atoms with Crippen LogP contribution in [-0.4, -0.2) is 0 Å². The molecule has 1 aromatic carbocycles. The Morgan fingerprint density at radius 2 is 2.23 bits per heavy atom. The van der Waals surface area contributed by atoms with Gasteiger partial charge in [-0.3, -0.25) is 0 Å². The molecule has 1 heterocycles. The summed E-state index contributed by atoms with van der Waals surface area (Å²) >= 11 is 5.30. The van der Waals surface area contributed by atoms with Gasteiger partial charge >= 0.3 is 0 Å². The van der Waals surface area contributed by atoms with Crippen LogP contribution in [0.25, 0.3) is 10.1 Å². The molecule has 0 atom stereocenters. The number of halogens is 1. The van der Waals surface area contributed by atoms with Gasteiger partial charge in [0.25, 0.3) is 0 Å². The highest BCUT2D eigenvalue weighted by Crippen LogP contribution is 2.34. The lowest BCUT2D eigenvalue weighted by Gasteiger charge is -1.90. The fourth-order valence-electron chi connectivity index (χ4n) is 1.15. The quantitative estimate of drug-likeness (QED) is 0.662. The van der Waals surface area contributed by atoms with Gasteiger partial charge in [-0.15, -0.1) is 24.0 Å². The first kappa shape index (κ1) is 8.54. The fraction of sp³-hybridized carbons (Fsp3) is 0. The lowest BCUT2D eigenvalue weighted by Crippen LogP contribution is -1.71. The van der Waals surface area contributed by atoms with E-state index in [9.17, 15) is 4.39 Å². The SMILES string of the molecule is N#Cc1sc2c(F)cccc2c1S. The average molecular weight is 209 g/mol. The second-order valence-corrected chi connectivity index (χ2v) is 3.98. The standard InChI is InChI=1S/C9H4FNS2/c10-6-3-1-2-5-8(12)7(4-11)13-9(5)6/h1-3,12H. The maximum atomic E-state index is 13.2. The summed E-state index contributed by atoms with van der Waals surface area (Å²) < 4.78 is 13.7. The zero-order valence-electron chi connectivity index (χ0n) is 6.41. The van der Waals surface area contributed by atoms with Crippen molar-refractivity contribution in [1.29, 1.82) is 5.26 Å². The zero-order chi connectivity index (χ0) is 9.42. The van der Waals surface area contributed by atoms with E-state index in [1.807, 2.05) is 6.07 Å². The van der Waals surface area contributed by atoms with Crippen molar-refractivity contribution in [3.63, 3.8) is 0 Å². The molecule has 0 unspecified atom stereocenters. The van der Waals surface area contributed by atoms with Crippen molar-refractivity contribution in [2.24, 2.45) is 0 Å². The van der Waals surface area contributed by atoms with Crippen LogP contribution in [0.4, 0.5) is 4.39 Å². The molecule has 0 aliphatic rings. The van der Waals surface area contributed by atoms with Crippen LogP contribution in [0.15, 0.2) is 23.1 Å². The van der Waals surface area contributed by atoms with Crippen LogP contribution >= 0.6 is 24.0 Å². The van der Waals surface area contributed by atoms with Crippen LogP contribution in [0.5, 0.6) is 0 Å². The molecular weight excluding hydrogens is 205 g/mol. The molecule has 0 N–H and O–H groups in total. The Morgan fingerprint density at radius 3 is 2.85 bits per heavy atom. The van der Waals surface area contributed by atoms with E-state index >= 15 is 0 Å². The maximum Gasteiger partial charge on any atom is 0.141 e. The number of nitriles is 1. The Balaban J connectivity index is 2.94. The second-order valence-electron chi connectivity index (χ2n) is 2.51. The smallest absolute Gasteiger partial charge is 0.141 e. The van der Waals surface area contributed by atoms with E-state index in [4.69, 9.17) is 5.26 Å². The Kier molecular flexibility index (Phi) is 1.98. The maximum absolute atomic E-state index is 13.2. The summed E-state index contributed by atoms with van der Waals surface area (Å²) in [6.45, 7) is 0. The molecule has 0 bridgehead atoms. The molecule has 1 nitrogen and oxygen atoms in total. The molecule has 0 radical (unpaired) electrons. The minimum atomic E-state index is -0.292. The highest BCUT2D eigenvalue weighted by Gasteiger charge is 2.10. The first-order chi connectivity index (χ1) is 6.24. The molecule has 13 heavy (non-hydrogen) atoms. The Morgan fingerprint density at radius 1 is 1.46 bits per heavy atom. The number of fused-ring (bicyclic) bond motifs is 1. The van der Waals surface area contributed by atoms with Crippen molar-refractivity contribution in [2.75, 3.05) is 0 Å². The number of hydrogen-bond acceptors (Lipinski definition) is 3. The van der Waals surface area contributed by atoms with Crippen LogP contribution in [0.3, 0.4) is 0 Å². The van der Waals surface area contributed by atoms with E-state index in [0.29, 0.717) is 19.9 Å². The lowest BCUT2D eigenvalue weighted by molar-refractivity contribution is 0.641. The predicted octanol–water partition coefficient (Wildman–Crippen LogP) is 3.20. The molecule has 0 amide bonds. The fourth-order valence-corrected chi connectivity index (χ4v) is 2.50. The van der Waals surface area contributed by atoms with Gasteiger partial charge in [0.05, 0.1) is 4.70 Å². The van der Waals surface area contributed by atoms with Gasteiger partial charge in [0.15, 0.2) is 0 Å². The average Bonchev–Trinajstić information content (AvgIpc) is 2.45. The molecule has 2 aromatic rings. The van der Waals surface area contributed by atoms with E-state index in [1.165, 1.54) is 6.07 Å². The van der Waals surface area contributed by atoms with Crippen LogP contribution in [-0.2, 0) is 0 Å². The number of thiol groups is 1. The second kappa shape index (κ2) is 3.02. The number of thiophene rings is 1. The van der Waals surface area contributed by atoms with Crippen LogP contribution in [0.1, 0.15) is 4.88 Å². The van der Waals surface area contributed by atoms with Crippen molar-refractivity contribution in [2.45, 2.75) is 4.90 Å². The first-order valence-electron chi connectivity index (χ1n) is 3.54. The van der Waals surface area contributed by atoms with Gasteiger partial charge in [-0.2, -0.15) is 5.26 Å². The Hall–Kier alpha value is -1.05. The molecule has 1 aromatic heterocycles. The van der Waals surface area contributed by atoms with Gasteiger partial charge < -0.3 is 0 Å². The summed E-state index contributed by atoms with van der Waals surface area (Å²) in [5, 5.41) is 9.41. The molecule has 0 aliphatic heterocycles. The van der Waals surface area contributed by atoms with Gasteiger partial charge in [-0.1, -0.05) is 12.1 Å². The van der Waals surface area contributed by atoms with Crippen LogP contribution in [0, 0.1) is 17.1 Å². The van der Waals surface area contributed by atoms with E-state index in [1.54, 1.807) is 12.1 Å². The molecule has 4 heteroatoms. The predicted molar refractivity (Wildman–Crippen MR) is 53.8 cm³/mol. The van der Waals surface area contributed by atoms with E-state index in [-0.39, 0.29) is 5.82 Å². The number of rotatable bonds is 0. The van der Waals surface area contributed by atoms with Gasteiger partial charge in [0.1, 0.15) is 16.8 Å². The van der Waals surface area contributed by atoms with E-state index in [0.717, 1.165) is 11.3 Å². The third kappa shape index (κ3) is 1.21. The summed E-state index contributed by atoms with van der Waals surface area (Å²) in [5.74, 6) is -0.292. The van der Waals surface area contributed by atoms with Crippen molar-refractivity contribution in [3.05, 3.63) is 28.9 Å². The van der Waals surface area contributed by atoms with Gasteiger partial charge in [0, 0.05) is 10.3 Å². The number of benzene rings is 1. The van der Waals surface area contributed by atoms with Crippen LogP contribution < -0.4 is 0 Å². The monoisotopic (exact) mass is 209 g/mol. The molecule has 0 spiro atoms. The largest absolute Gasteiger partial charge is 0.205 e. The topological polar surface area (TPSA) is 23.8 Å². The zero-order valence-corrected chi connectivity index (χ0v) is 8.12. The Bertz CT molecular complexity index is 510. The van der Waals surface area contributed by atoms with Gasteiger partial charge in [0.2, 0.25) is 0 Å². The van der Waals surface area contributed by atoms with Crippen molar-refractivity contribution in [1.82, 2.24) is 0 Å².